The fourth-order valence-electron chi connectivity index (χ4n) is 1.80. The first kappa shape index (κ1) is 14.8. The number of rotatable bonds is 6. The van der Waals surface area contributed by atoms with Crippen molar-refractivity contribution in [3.8, 4) is 0 Å². The molecule has 0 fully saturated rings. The number of carbonyl (C=O) groups excluding carboxylic acids is 2. The van der Waals surface area contributed by atoms with Crippen LogP contribution in [0.25, 0.3) is 0 Å². The molecule has 0 atom stereocenters. The number of anilines is 2. The van der Waals surface area contributed by atoms with Crippen LogP contribution in [0.2, 0.25) is 0 Å². The minimum atomic E-state index is -0.165. The Bertz CT molecular complexity index is 608. The number of hydrogen-bond acceptors (Lipinski definition) is 4. The van der Waals surface area contributed by atoms with E-state index in [1.165, 1.54) is 6.92 Å². The molecule has 0 aliphatic rings. The van der Waals surface area contributed by atoms with Gasteiger partial charge in [0, 0.05) is 18.3 Å². The lowest BCUT2D eigenvalue weighted by atomic mass is 10.2. The van der Waals surface area contributed by atoms with Gasteiger partial charge in [-0.25, -0.2) is 0 Å². The summed E-state index contributed by atoms with van der Waals surface area (Å²) in [6.07, 6.45) is 1.59. The second-order valence-corrected chi connectivity index (χ2v) is 4.49. The van der Waals surface area contributed by atoms with Crippen LogP contribution in [0.3, 0.4) is 0 Å². The van der Waals surface area contributed by atoms with Gasteiger partial charge in [0.15, 0.2) is 0 Å². The van der Waals surface area contributed by atoms with Crippen molar-refractivity contribution in [2.24, 2.45) is 0 Å². The molecule has 0 bridgehead atoms. The van der Waals surface area contributed by atoms with Crippen LogP contribution in [0.15, 0.2) is 47.1 Å². The summed E-state index contributed by atoms with van der Waals surface area (Å²) in [6.45, 7) is 2.10. The summed E-state index contributed by atoms with van der Waals surface area (Å²) in [6, 6.07) is 10.6. The van der Waals surface area contributed by atoms with Gasteiger partial charge in [0.1, 0.15) is 5.76 Å². The van der Waals surface area contributed by atoms with Gasteiger partial charge in [-0.05, 0) is 30.3 Å². The molecule has 110 valence electrons. The first-order valence-electron chi connectivity index (χ1n) is 6.54. The molecule has 0 saturated heterocycles. The fourth-order valence-corrected chi connectivity index (χ4v) is 1.80. The van der Waals surface area contributed by atoms with Gasteiger partial charge >= 0.3 is 0 Å². The van der Waals surface area contributed by atoms with Crippen molar-refractivity contribution in [3.63, 3.8) is 0 Å². The van der Waals surface area contributed by atoms with Crippen molar-refractivity contribution >= 4 is 23.2 Å². The summed E-state index contributed by atoms with van der Waals surface area (Å²) in [5.74, 6) is 0.454. The predicted octanol–water partition coefficient (Wildman–Crippen LogP) is 1.97. The molecule has 0 aliphatic heterocycles. The molecule has 0 unspecified atom stereocenters. The van der Waals surface area contributed by atoms with E-state index in [1.807, 2.05) is 6.07 Å². The third-order valence-electron chi connectivity index (χ3n) is 2.63. The number of carbonyl (C=O) groups is 2. The van der Waals surface area contributed by atoms with E-state index in [0.29, 0.717) is 17.9 Å². The largest absolute Gasteiger partial charge is 0.468 e. The maximum absolute atomic E-state index is 11.8. The van der Waals surface area contributed by atoms with E-state index in [-0.39, 0.29) is 18.4 Å². The van der Waals surface area contributed by atoms with E-state index in [0.717, 1.165) is 5.76 Å². The van der Waals surface area contributed by atoms with E-state index in [9.17, 15) is 9.59 Å². The van der Waals surface area contributed by atoms with Crippen molar-refractivity contribution in [2.75, 3.05) is 17.2 Å². The summed E-state index contributed by atoms with van der Waals surface area (Å²) < 4.78 is 5.15. The molecule has 2 rings (SSSR count). The van der Waals surface area contributed by atoms with Gasteiger partial charge in [-0.2, -0.15) is 0 Å². The lowest BCUT2D eigenvalue weighted by molar-refractivity contribution is -0.115. The maximum Gasteiger partial charge on any atom is 0.238 e. The van der Waals surface area contributed by atoms with E-state index >= 15 is 0 Å². The minimum absolute atomic E-state index is 0.154. The Morgan fingerprint density at radius 2 is 1.86 bits per heavy atom. The molecule has 0 spiro atoms. The fraction of sp³-hybridized carbons (Fsp3) is 0.200. The van der Waals surface area contributed by atoms with Gasteiger partial charge in [0.05, 0.1) is 19.4 Å². The number of nitrogens with one attached hydrogen (secondary N) is 3. The van der Waals surface area contributed by atoms with Crippen LogP contribution in [0.5, 0.6) is 0 Å². The highest BCUT2D eigenvalue weighted by atomic mass is 16.3. The second kappa shape index (κ2) is 7.25. The zero-order chi connectivity index (χ0) is 15.1. The molecule has 6 heteroatoms. The summed E-state index contributed by atoms with van der Waals surface area (Å²) in [7, 11) is 0. The SMILES string of the molecule is CC(=O)Nc1cccc(NC(=O)CNCc2ccco2)c1. The minimum Gasteiger partial charge on any atom is -0.468 e. The summed E-state index contributed by atoms with van der Waals surface area (Å²) in [5, 5.41) is 8.39. The van der Waals surface area contributed by atoms with Gasteiger partial charge in [0.25, 0.3) is 0 Å². The van der Waals surface area contributed by atoms with Crippen LogP contribution < -0.4 is 16.0 Å². The van der Waals surface area contributed by atoms with Crippen molar-refractivity contribution in [2.45, 2.75) is 13.5 Å². The maximum atomic E-state index is 11.8. The summed E-state index contributed by atoms with van der Waals surface area (Å²) >= 11 is 0. The van der Waals surface area contributed by atoms with Crippen LogP contribution in [0.4, 0.5) is 11.4 Å². The highest BCUT2D eigenvalue weighted by Gasteiger charge is 2.04. The molecular formula is C15H17N3O3. The molecule has 1 heterocycles. The van der Waals surface area contributed by atoms with Gasteiger partial charge < -0.3 is 20.4 Å². The average Bonchev–Trinajstić information content (AvgIpc) is 2.91. The lowest BCUT2D eigenvalue weighted by Gasteiger charge is -2.08. The van der Waals surface area contributed by atoms with Crippen LogP contribution in [0, 0.1) is 0 Å². The van der Waals surface area contributed by atoms with Gasteiger partial charge in [-0.1, -0.05) is 6.07 Å². The number of benzene rings is 1. The molecule has 0 radical (unpaired) electrons. The topological polar surface area (TPSA) is 83.4 Å². The Labute approximate surface area is 122 Å². The van der Waals surface area contributed by atoms with E-state index in [2.05, 4.69) is 16.0 Å². The third kappa shape index (κ3) is 5.12. The van der Waals surface area contributed by atoms with Gasteiger partial charge in [-0.15, -0.1) is 0 Å². The first-order valence-corrected chi connectivity index (χ1v) is 6.54. The van der Waals surface area contributed by atoms with Crippen molar-refractivity contribution in [1.29, 1.82) is 0 Å². The molecule has 2 amide bonds. The van der Waals surface area contributed by atoms with E-state index in [4.69, 9.17) is 4.42 Å². The van der Waals surface area contributed by atoms with Crippen LogP contribution in [-0.2, 0) is 16.1 Å². The molecule has 1 aromatic heterocycles. The van der Waals surface area contributed by atoms with Gasteiger partial charge in [0.2, 0.25) is 11.8 Å². The standard InChI is InChI=1S/C15H17N3O3/c1-11(19)17-12-4-2-5-13(8-12)18-15(20)10-16-9-14-6-3-7-21-14/h2-8,16H,9-10H2,1H3,(H,17,19)(H,18,20). The Balaban J connectivity index is 1.80. The van der Waals surface area contributed by atoms with E-state index in [1.54, 1.807) is 36.6 Å². The Kier molecular flexibility index (Phi) is 5.11. The number of amides is 2. The Hall–Kier alpha value is -2.60. The molecule has 6 nitrogen and oxygen atoms in total. The first-order chi connectivity index (χ1) is 10.1. The second-order valence-electron chi connectivity index (χ2n) is 4.49. The zero-order valence-electron chi connectivity index (χ0n) is 11.7. The summed E-state index contributed by atoms with van der Waals surface area (Å²) in [4.78, 5) is 22.8. The van der Waals surface area contributed by atoms with Crippen LogP contribution >= 0.6 is 0 Å². The molecule has 0 saturated carbocycles. The molecule has 0 aliphatic carbocycles. The molecule has 21 heavy (non-hydrogen) atoms. The predicted molar refractivity (Wildman–Crippen MR) is 79.8 cm³/mol. The summed E-state index contributed by atoms with van der Waals surface area (Å²) in [5.41, 5.74) is 1.27. The number of hydrogen-bond donors (Lipinski definition) is 3. The zero-order valence-corrected chi connectivity index (χ0v) is 11.7. The lowest BCUT2D eigenvalue weighted by Crippen LogP contribution is -2.27. The highest BCUT2D eigenvalue weighted by Crippen LogP contribution is 2.14. The Morgan fingerprint density at radius 3 is 2.52 bits per heavy atom. The van der Waals surface area contributed by atoms with Crippen molar-refractivity contribution in [1.82, 2.24) is 5.32 Å². The average molecular weight is 287 g/mol. The number of furan rings is 1. The quantitative estimate of drug-likeness (QED) is 0.758. The van der Waals surface area contributed by atoms with Crippen molar-refractivity contribution < 1.29 is 14.0 Å². The van der Waals surface area contributed by atoms with Crippen LogP contribution in [0.1, 0.15) is 12.7 Å². The van der Waals surface area contributed by atoms with Gasteiger partial charge in [-0.3, -0.25) is 9.59 Å². The highest BCUT2D eigenvalue weighted by molar-refractivity contribution is 5.94. The van der Waals surface area contributed by atoms with Crippen molar-refractivity contribution in [3.05, 3.63) is 48.4 Å². The monoisotopic (exact) mass is 287 g/mol. The Morgan fingerprint density at radius 1 is 1.10 bits per heavy atom. The molecular weight excluding hydrogens is 270 g/mol. The van der Waals surface area contributed by atoms with Crippen LogP contribution in [-0.4, -0.2) is 18.4 Å². The third-order valence-corrected chi connectivity index (χ3v) is 2.63. The molecule has 3 N–H and O–H groups in total. The van der Waals surface area contributed by atoms with E-state index < -0.39 is 0 Å². The normalized spacial score (nSPS) is 10.1. The smallest absolute Gasteiger partial charge is 0.238 e. The molecule has 1 aromatic carbocycles. The molecule has 2 aromatic rings.